The Labute approximate surface area is 202 Å². The van der Waals surface area contributed by atoms with Gasteiger partial charge in [-0.1, -0.05) is 35.9 Å². The number of hydrogen-bond acceptors (Lipinski definition) is 6. The molecule has 2 aromatic carbocycles. The first-order valence-corrected chi connectivity index (χ1v) is 13.2. The maximum atomic E-state index is 13.6. The van der Waals surface area contributed by atoms with Crippen LogP contribution in [-0.4, -0.2) is 60.9 Å². The number of aryl methyl sites for hydroxylation is 1. The van der Waals surface area contributed by atoms with Crippen molar-refractivity contribution in [3.05, 3.63) is 52.5 Å². The third kappa shape index (κ3) is 5.46. The Balaban J connectivity index is 1.59. The molecule has 0 saturated carbocycles. The normalized spacial score (nSPS) is 14.7. The molecule has 170 valence electrons. The van der Waals surface area contributed by atoms with Crippen LogP contribution < -0.4 is 4.90 Å². The van der Waals surface area contributed by atoms with E-state index in [-0.39, 0.29) is 5.91 Å². The molecule has 1 saturated heterocycles. The van der Waals surface area contributed by atoms with Crippen LogP contribution in [0.2, 0.25) is 5.02 Å². The van der Waals surface area contributed by atoms with Gasteiger partial charge in [-0.15, -0.1) is 11.8 Å². The van der Waals surface area contributed by atoms with E-state index in [1.54, 1.807) is 11.8 Å². The number of rotatable bonds is 8. The van der Waals surface area contributed by atoms with Crippen molar-refractivity contribution >= 4 is 56.0 Å². The standard InChI is InChI=1S/C24H28ClN3O2S2/c1-3-31-19-8-6-18(7-9-19)23(29)28(12-4-11-27-13-15-30-16-14-27)24-26-21-17(2)5-10-20(25)22(21)32-24/h5-10H,3-4,11-16H2,1-2H3. The second kappa shape index (κ2) is 11.0. The number of amides is 1. The topological polar surface area (TPSA) is 45.7 Å². The Morgan fingerprint density at radius 3 is 2.66 bits per heavy atom. The molecule has 0 spiro atoms. The number of nitrogens with zero attached hydrogens (tertiary/aromatic N) is 3. The molecule has 1 aliphatic rings. The molecule has 0 radical (unpaired) electrons. The lowest BCUT2D eigenvalue weighted by Gasteiger charge is -2.27. The van der Waals surface area contributed by atoms with Gasteiger partial charge in [-0.05, 0) is 55.0 Å². The molecule has 5 nitrogen and oxygen atoms in total. The third-order valence-corrected chi connectivity index (χ3v) is 7.97. The van der Waals surface area contributed by atoms with Gasteiger partial charge in [-0.3, -0.25) is 14.6 Å². The molecule has 8 heteroatoms. The molecular weight excluding hydrogens is 462 g/mol. The summed E-state index contributed by atoms with van der Waals surface area (Å²) in [6.45, 7) is 9.14. The Morgan fingerprint density at radius 1 is 1.22 bits per heavy atom. The van der Waals surface area contributed by atoms with Crippen molar-refractivity contribution < 1.29 is 9.53 Å². The molecule has 1 fully saturated rings. The molecule has 1 amide bonds. The van der Waals surface area contributed by atoms with Gasteiger partial charge in [-0.25, -0.2) is 4.98 Å². The molecular formula is C24H28ClN3O2S2. The van der Waals surface area contributed by atoms with Gasteiger partial charge >= 0.3 is 0 Å². The predicted molar refractivity (Wildman–Crippen MR) is 136 cm³/mol. The maximum Gasteiger partial charge on any atom is 0.260 e. The summed E-state index contributed by atoms with van der Waals surface area (Å²) in [7, 11) is 0. The number of fused-ring (bicyclic) bond motifs is 1. The first kappa shape index (κ1) is 23.5. The fourth-order valence-electron chi connectivity index (χ4n) is 3.78. The van der Waals surface area contributed by atoms with Gasteiger partial charge in [0.15, 0.2) is 5.13 Å². The van der Waals surface area contributed by atoms with Crippen molar-refractivity contribution in [2.45, 2.75) is 25.2 Å². The minimum absolute atomic E-state index is 0.0205. The van der Waals surface area contributed by atoms with Gasteiger partial charge in [0, 0.05) is 36.6 Å². The van der Waals surface area contributed by atoms with Gasteiger partial charge in [0.25, 0.3) is 5.91 Å². The zero-order valence-electron chi connectivity index (χ0n) is 18.5. The summed E-state index contributed by atoms with van der Waals surface area (Å²) in [5.41, 5.74) is 2.62. The van der Waals surface area contributed by atoms with E-state index >= 15 is 0 Å². The average Bonchev–Trinajstić information content (AvgIpc) is 3.27. The number of morpholine rings is 1. The summed E-state index contributed by atoms with van der Waals surface area (Å²) in [4.78, 5) is 23.8. The van der Waals surface area contributed by atoms with Crippen molar-refractivity contribution in [2.24, 2.45) is 0 Å². The van der Waals surface area contributed by atoms with Crippen LogP contribution >= 0.6 is 34.7 Å². The number of thiazole rings is 1. The first-order valence-electron chi connectivity index (χ1n) is 11.0. The van der Waals surface area contributed by atoms with Crippen LogP contribution in [0.5, 0.6) is 0 Å². The summed E-state index contributed by atoms with van der Waals surface area (Å²) in [5.74, 6) is 0.986. The maximum absolute atomic E-state index is 13.6. The molecule has 1 aromatic heterocycles. The molecule has 3 aromatic rings. The van der Waals surface area contributed by atoms with Gasteiger partial charge in [0.1, 0.15) is 0 Å². The second-order valence-corrected chi connectivity index (χ2v) is 10.5. The Morgan fingerprint density at radius 2 is 1.97 bits per heavy atom. The number of carbonyl (C=O) groups excluding carboxylic acids is 1. The lowest BCUT2D eigenvalue weighted by Crippen LogP contribution is -2.39. The van der Waals surface area contributed by atoms with E-state index < -0.39 is 0 Å². The fraction of sp³-hybridized carbons (Fsp3) is 0.417. The molecule has 1 aliphatic heterocycles. The van der Waals surface area contributed by atoms with E-state index in [0.717, 1.165) is 60.8 Å². The predicted octanol–water partition coefficient (Wildman–Crippen LogP) is 5.74. The largest absolute Gasteiger partial charge is 0.379 e. The van der Waals surface area contributed by atoms with Crippen LogP contribution in [0.15, 0.2) is 41.3 Å². The Bertz CT molecular complexity index is 1030. The number of ether oxygens (including phenoxy) is 1. The number of carbonyl (C=O) groups is 1. The van der Waals surface area contributed by atoms with E-state index in [0.29, 0.717) is 22.3 Å². The molecule has 0 unspecified atom stereocenters. The molecule has 0 N–H and O–H groups in total. The number of benzene rings is 2. The van der Waals surface area contributed by atoms with Crippen molar-refractivity contribution in [1.29, 1.82) is 0 Å². The highest BCUT2D eigenvalue weighted by atomic mass is 35.5. The number of thioether (sulfide) groups is 1. The summed E-state index contributed by atoms with van der Waals surface area (Å²) in [6.07, 6.45) is 0.873. The monoisotopic (exact) mass is 489 g/mol. The van der Waals surface area contributed by atoms with E-state index in [1.807, 2.05) is 48.2 Å². The van der Waals surface area contributed by atoms with Crippen molar-refractivity contribution in [3.8, 4) is 0 Å². The second-order valence-electron chi connectivity index (χ2n) is 7.76. The molecule has 0 bridgehead atoms. The van der Waals surface area contributed by atoms with Crippen LogP contribution in [0.3, 0.4) is 0 Å². The van der Waals surface area contributed by atoms with Crippen molar-refractivity contribution in [3.63, 3.8) is 0 Å². The number of halogens is 1. The van der Waals surface area contributed by atoms with Gasteiger partial charge < -0.3 is 4.74 Å². The molecule has 0 aliphatic carbocycles. The van der Waals surface area contributed by atoms with Crippen LogP contribution in [0.4, 0.5) is 5.13 Å². The lowest BCUT2D eigenvalue weighted by atomic mass is 10.2. The first-order chi connectivity index (χ1) is 15.6. The van der Waals surface area contributed by atoms with Crippen molar-refractivity contribution in [2.75, 3.05) is 50.0 Å². The molecule has 2 heterocycles. The van der Waals surface area contributed by atoms with Crippen molar-refractivity contribution in [1.82, 2.24) is 9.88 Å². The Hall–Kier alpha value is -1.64. The highest BCUT2D eigenvalue weighted by molar-refractivity contribution is 7.99. The van der Waals surface area contributed by atoms with Gasteiger partial charge in [-0.2, -0.15) is 0 Å². The highest BCUT2D eigenvalue weighted by Crippen LogP contribution is 2.36. The lowest BCUT2D eigenvalue weighted by molar-refractivity contribution is 0.0376. The summed E-state index contributed by atoms with van der Waals surface area (Å²) in [5, 5.41) is 1.38. The minimum Gasteiger partial charge on any atom is -0.379 e. The van der Waals surface area contributed by atoms with Gasteiger partial charge in [0.05, 0.1) is 28.5 Å². The van der Waals surface area contributed by atoms with E-state index in [2.05, 4.69) is 11.8 Å². The zero-order valence-corrected chi connectivity index (χ0v) is 20.9. The zero-order chi connectivity index (χ0) is 22.5. The van der Waals surface area contributed by atoms with E-state index in [1.165, 1.54) is 16.2 Å². The van der Waals surface area contributed by atoms with Crippen LogP contribution in [0.25, 0.3) is 10.2 Å². The van der Waals surface area contributed by atoms with Crippen LogP contribution in [0, 0.1) is 6.92 Å². The SMILES string of the molecule is CCSc1ccc(C(=O)N(CCCN2CCOCC2)c2nc3c(C)ccc(Cl)c3s2)cc1. The molecule has 32 heavy (non-hydrogen) atoms. The smallest absolute Gasteiger partial charge is 0.260 e. The summed E-state index contributed by atoms with van der Waals surface area (Å²) >= 11 is 9.70. The van der Waals surface area contributed by atoms with Crippen LogP contribution in [0.1, 0.15) is 29.3 Å². The van der Waals surface area contributed by atoms with Gasteiger partial charge in [0.2, 0.25) is 0 Å². The minimum atomic E-state index is -0.0205. The highest BCUT2D eigenvalue weighted by Gasteiger charge is 2.23. The molecule has 4 rings (SSSR count). The fourth-order valence-corrected chi connectivity index (χ4v) is 5.79. The van der Waals surface area contributed by atoms with E-state index in [4.69, 9.17) is 21.3 Å². The average molecular weight is 490 g/mol. The van der Waals surface area contributed by atoms with Crippen LogP contribution in [-0.2, 0) is 4.74 Å². The quantitative estimate of drug-likeness (QED) is 0.377. The summed E-state index contributed by atoms with van der Waals surface area (Å²) < 4.78 is 6.38. The van der Waals surface area contributed by atoms with E-state index in [9.17, 15) is 4.79 Å². The Kier molecular flexibility index (Phi) is 8.07. The molecule has 0 atom stereocenters. The third-order valence-electron chi connectivity index (χ3n) is 5.53. The summed E-state index contributed by atoms with van der Waals surface area (Å²) in [6, 6.07) is 11.7. The number of anilines is 1. The number of hydrogen-bond donors (Lipinski definition) is 0. The number of aromatic nitrogens is 1.